The predicted molar refractivity (Wildman–Crippen MR) is 70.5 cm³/mol. The van der Waals surface area contributed by atoms with Gasteiger partial charge in [-0.3, -0.25) is 0 Å². The Morgan fingerprint density at radius 2 is 1.94 bits per heavy atom. The van der Waals surface area contributed by atoms with E-state index >= 15 is 0 Å². The summed E-state index contributed by atoms with van der Waals surface area (Å²) >= 11 is 5.90. The van der Waals surface area contributed by atoms with E-state index < -0.39 is 0 Å². The minimum atomic E-state index is -0.335. The number of halogens is 2. The molecule has 98 valence electrons. The van der Waals surface area contributed by atoms with Gasteiger partial charge in [0, 0.05) is 0 Å². The van der Waals surface area contributed by atoms with Crippen molar-refractivity contribution in [2.75, 3.05) is 0 Å². The molecule has 0 aromatic heterocycles. The molecule has 3 heteroatoms. The van der Waals surface area contributed by atoms with Crippen molar-refractivity contribution in [1.29, 1.82) is 0 Å². The molecule has 0 aromatic rings. The van der Waals surface area contributed by atoms with Crippen LogP contribution in [0.2, 0.25) is 0 Å². The van der Waals surface area contributed by atoms with Gasteiger partial charge in [-0.05, 0) is 51.0 Å². The lowest BCUT2D eigenvalue weighted by atomic mass is 9.89. The Morgan fingerprint density at radius 1 is 1.35 bits per heavy atom. The quantitative estimate of drug-likeness (QED) is 0.491. The van der Waals surface area contributed by atoms with E-state index in [0.717, 1.165) is 31.6 Å². The summed E-state index contributed by atoms with van der Waals surface area (Å²) in [5.41, 5.74) is 0. The molecular formula is C14H22ClFO. The van der Waals surface area contributed by atoms with E-state index in [9.17, 15) is 4.39 Å². The summed E-state index contributed by atoms with van der Waals surface area (Å²) in [6.45, 7) is 5.81. The minimum Gasteiger partial charge on any atom is -0.486 e. The highest BCUT2D eigenvalue weighted by Gasteiger charge is 2.22. The summed E-state index contributed by atoms with van der Waals surface area (Å²) in [5, 5.41) is 0.394. The lowest BCUT2D eigenvalue weighted by Crippen LogP contribution is -2.20. The maximum Gasteiger partial charge on any atom is 0.169 e. The Bertz CT molecular complexity index is 297. The van der Waals surface area contributed by atoms with Crippen LogP contribution >= 0.6 is 11.6 Å². The fraction of sp³-hybridized carbons (Fsp3) is 0.714. The number of ether oxygens (including phenoxy) is 1. The molecule has 0 unspecified atom stereocenters. The van der Waals surface area contributed by atoms with Gasteiger partial charge in [0.2, 0.25) is 0 Å². The van der Waals surface area contributed by atoms with Crippen LogP contribution in [0, 0.1) is 5.92 Å². The van der Waals surface area contributed by atoms with Crippen molar-refractivity contribution in [3.8, 4) is 0 Å². The number of hydrogen-bond acceptors (Lipinski definition) is 1. The molecule has 0 aliphatic heterocycles. The van der Waals surface area contributed by atoms with Crippen molar-refractivity contribution in [2.24, 2.45) is 5.92 Å². The van der Waals surface area contributed by atoms with Crippen LogP contribution in [-0.2, 0) is 4.74 Å². The first-order valence-electron chi connectivity index (χ1n) is 6.43. The van der Waals surface area contributed by atoms with Gasteiger partial charge in [0.25, 0.3) is 0 Å². The average Bonchev–Trinajstić information content (AvgIpc) is 2.28. The van der Waals surface area contributed by atoms with Crippen molar-refractivity contribution in [3.63, 3.8) is 0 Å². The first-order chi connectivity index (χ1) is 8.04. The molecule has 0 bridgehead atoms. The summed E-state index contributed by atoms with van der Waals surface area (Å²) in [6.07, 6.45) is 6.56. The van der Waals surface area contributed by atoms with Gasteiger partial charge in [0.15, 0.2) is 11.6 Å². The largest absolute Gasteiger partial charge is 0.486 e. The molecule has 0 radical (unpaired) electrons. The van der Waals surface area contributed by atoms with Crippen LogP contribution in [0.15, 0.2) is 22.7 Å². The first kappa shape index (κ1) is 14.6. The zero-order valence-corrected chi connectivity index (χ0v) is 11.7. The zero-order chi connectivity index (χ0) is 12.8. The molecule has 0 saturated heterocycles. The Labute approximate surface area is 109 Å². The molecule has 0 spiro atoms. The summed E-state index contributed by atoms with van der Waals surface area (Å²) in [5.74, 6) is 0.655. The van der Waals surface area contributed by atoms with Crippen LogP contribution in [0.25, 0.3) is 0 Å². The fourth-order valence-corrected chi connectivity index (χ4v) is 2.22. The van der Waals surface area contributed by atoms with Crippen LogP contribution < -0.4 is 0 Å². The highest BCUT2D eigenvalue weighted by atomic mass is 35.5. The zero-order valence-electron chi connectivity index (χ0n) is 10.9. The van der Waals surface area contributed by atoms with E-state index in [1.165, 1.54) is 6.08 Å². The van der Waals surface area contributed by atoms with Crippen molar-refractivity contribution in [3.05, 3.63) is 22.7 Å². The van der Waals surface area contributed by atoms with E-state index in [0.29, 0.717) is 11.5 Å². The second-order valence-corrected chi connectivity index (χ2v) is 5.39. The molecule has 0 N–H and O–H groups in total. The smallest absolute Gasteiger partial charge is 0.169 e. The minimum absolute atomic E-state index is 0.117. The van der Waals surface area contributed by atoms with Crippen molar-refractivity contribution in [1.82, 2.24) is 0 Å². The van der Waals surface area contributed by atoms with Crippen LogP contribution in [0.5, 0.6) is 0 Å². The summed E-state index contributed by atoms with van der Waals surface area (Å²) in [6, 6.07) is 0. The third kappa shape index (κ3) is 4.71. The number of allylic oxidation sites excluding steroid dienone is 3. The normalized spacial score (nSPS) is 27.7. The molecule has 0 atom stereocenters. The van der Waals surface area contributed by atoms with Crippen LogP contribution in [0.1, 0.15) is 52.9 Å². The Kier molecular flexibility index (Phi) is 6.04. The molecular weight excluding hydrogens is 239 g/mol. The van der Waals surface area contributed by atoms with E-state index in [1.54, 1.807) is 6.92 Å². The van der Waals surface area contributed by atoms with Crippen molar-refractivity contribution in [2.45, 2.75) is 59.0 Å². The topological polar surface area (TPSA) is 9.23 Å². The molecule has 1 nitrogen and oxygen atoms in total. The molecule has 0 aromatic carbocycles. The maximum atomic E-state index is 13.7. The lowest BCUT2D eigenvalue weighted by Gasteiger charge is -2.27. The van der Waals surface area contributed by atoms with Crippen LogP contribution in [0.3, 0.4) is 0 Å². The van der Waals surface area contributed by atoms with Crippen molar-refractivity contribution >= 4 is 11.6 Å². The van der Waals surface area contributed by atoms with E-state index in [4.69, 9.17) is 16.3 Å². The highest BCUT2D eigenvalue weighted by Crippen LogP contribution is 2.30. The Hall–Kier alpha value is -0.500. The summed E-state index contributed by atoms with van der Waals surface area (Å²) < 4.78 is 19.5. The molecule has 1 aliphatic carbocycles. The third-order valence-corrected chi connectivity index (χ3v) is 3.33. The molecule has 1 fully saturated rings. The van der Waals surface area contributed by atoms with E-state index in [-0.39, 0.29) is 17.7 Å². The fourth-order valence-electron chi connectivity index (χ4n) is 2.09. The van der Waals surface area contributed by atoms with Crippen molar-refractivity contribution < 1.29 is 9.13 Å². The van der Waals surface area contributed by atoms with E-state index in [2.05, 4.69) is 6.92 Å². The summed E-state index contributed by atoms with van der Waals surface area (Å²) in [4.78, 5) is 0. The standard InChI is InChI=1S/C14H22ClFO/c1-4-5-13(16)14(11(3)15)17-12-8-6-10(2)7-9-12/h5,10,12H,4,6-9H2,1-3H3/b13-5+,14-11-. The van der Waals surface area contributed by atoms with Gasteiger partial charge in [0.05, 0.1) is 11.1 Å². The molecule has 0 heterocycles. The second-order valence-electron chi connectivity index (χ2n) is 4.82. The maximum absolute atomic E-state index is 13.7. The van der Waals surface area contributed by atoms with Gasteiger partial charge in [0.1, 0.15) is 0 Å². The Morgan fingerprint density at radius 3 is 2.41 bits per heavy atom. The van der Waals surface area contributed by atoms with Gasteiger partial charge in [-0.15, -0.1) is 0 Å². The van der Waals surface area contributed by atoms with Crippen LogP contribution in [0.4, 0.5) is 4.39 Å². The van der Waals surface area contributed by atoms with Gasteiger partial charge in [-0.2, -0.15) is 0 Å². The number of hydrogen-bond donors (Lipinski definition) is 0. The second kappa shape index (κ2) is 7.05. The van der Waals surface area contributed by atoms with Crippen LogP contribution in [-0.4, -0.2) is 6.10 Å². The molecule has 1 rings (SSSR count). The summed E-state index contributed by atoms with van der Waals surface area (Å²) in [7, 11) is 0. The monoisotopic (exact) mass is 260 g/mol. The number of rotatable bonds is 4. The third-order valence-electron chi connectivity index (χ3n) is 3.16. The van der Waals surface area contributed by atoms with Gasteiger partial charge in [-0.25, -0.2) is 4.39 Å². The predicted octanol–water partition coefficient (Wildman–Crippen LogP) is 5.32. The van der Waals surface area contributed by atoms with Gasteiger partial charge >= 0.3 is 0 Å². The van der Waals surface area contributed by atoms with Gasteiger partial charge in [-0.1, -0.05) is 25.4 Å². The molecule has 1 aliphatic rings. The molecule has 0 amide bonds. The molecule has 1 saturated carbocycles. The SMILES string of the molecule is CC/C=C(F)\C(OC1CCC(C)CC1)=C(/C)Cl. The highest BCUT2D eigenvalue weighted by molar-refractivity contribution is 6.29. The average molecular weight is 261 g/mol. The Balaban J connectivity index is 2.63. The van der Waals surface area contributed by atoms with E-state index in [1.807, 2.05) is 6.92 Å². The lowest BCUT2D eigenvalue weighted by molar-refractivity contribution is 0.0690. The molecule has 17 heavy (non-hydrogen) atoms. The first-order valence-corrected chi connectivity index (χ1v) is 6.81. The van der Waals surface area contributed by atoms with Gasteiger partial charge < -0.3 is 4.74 Å².